The van der Waals surface area contributed by atoms with E-state index in [1.807, 2.05) is 24.3 Å². The highest BCUT2D eigenvalue weighted by Gasteiger charge is 2.29. The van der Waals surface area contributed by atoms with Crippen LogP contribution in [0.25, 0.3) is 0 Å². The molecule has 1 aromatic carbocycles. The molecule has 5 heteroatoms. The van der Waals surface area contributed by atoms with Gasteiger partial charge in [0.25, 0.3) is 0 Å². The van der Waals surface area contributed by atoms with Gasteiger partial charge in [-0.1, -0.05) is 40.3 Å². The van der Waals surface area contributed by atoms with Gasteiger partial charge in [-0.3, -0.25) is 10.2 Å². The number of piperidine rings is 1. The van der Waals surface area contributed by atoms with E-state index >= 15 is 0 Å². The molecular formula is C12H9BrN2OS. The molecule has 1 saturated heterocycles. The van der Waals surface area contributed by atoms with Gasteiger partial charge in [0.2, 0.25) is 5.91 Å². The summed E-state index contributed by atoms with van der Waals surface area (Å²) in [5.74, 6) is 2.06. The van der Waals surface area contributed by atoms with Crippen molar-refractivity contribution in [3.8, 4) is 0 Å². The Hall–Kier alpha value is -1.29. The number of rotatable bonds is 1. The predicted molar refractivity (Wildman–Crippen MR) is 73.5 cm³/mol. The summed E-state index contributed by atoms with van der Waals surface area (Å²) >= 11 is 8.41. The largest absolute Gasteiger partial charge is 0.316 e. The zero-order chi connectivity index (χ0) is 12.4. The first-order valence-corrected chi connectivity index (χ1v) is 6.21. The minimum atomic E-state index is -0.165. The molecule has 0 aliphatic carbocycles. The molecule has 0 saturated carbocycles. The molecule has 0 unspecified atom stereocenters. The van der Waals surface area contributed by atoms with Crippen LogP contribution in [-0.4, -0.2) is 16.8 Å². The summed E-state index contributed by atoms with van der Waals surface area (Å²) in [4.78, 5) is 11.8. The first kappa shape index (κ1) is 12.2. The van der Waals surface area contributed by atoms with Crippen LogP contribution in [0, 0.1) is 5.41 Å². The summed E-state index contributed by atoms with van der Waals surface area (Å²) in [6.07, 6.45) is 0.309. The van der Waals surface area contributed by atoms with Gasteiger partial charge in [0.1, 0.15) is 4.99 Å². The first-order chi connectivity index (χ1) is 8.11. The predicted octanol–water partition coefficient (Wildman–Crippen LogP) is 2.55. The van der Waals surface area contributed by atoms with E-state index in [4.69, 9.17) is 17.6 Å². The molecule has 1 aliphatic rings. The highest BCUT2D eigenvalue weighted by atomic mass is 79.9. The van der Waals surface area contributed by atoms with E-state index in [1.165, 1.54) is 0 Å². The number of amides is 1. The Morgan fingerprint density at radius 2 is 2.06 bits per heavy atom. The van der Waals surface area contributed by atoms with Gasteiger partial charge in [0.15, 0.2) is 0 Å². The molecule has 1 atom stereocenters. The number of carbonyl (C=O) groups is 1. The summed E-state index contributed by atoms with van der Waals surface area (Å²) in [7, 11) is 0. The van der Waals surface area contributed by atoms with Crippen molar-refractivity contribution in [3.63, 3.8) is 0 Å². The zero-order valence-corrected chi connectivity index (χ0v) is 11.2. The molecule has 17 heavy (non-hydrogen) atoms. The van der Waals surface area contributed by atoms with E-state index in [1.54, 1.807) is 0 Å². The summed E-state index contributed by atoms with van der Waals surface area (Å²) in [6.45, 7) is 0. The van der Waals surface area contributed by atoms with Crippen LogP contribution >= 0.6 is 28.1 Å². The third kappa shape index (κ3) is 2.52. The third-order valence-corrected chi connectivity index (χ3v) is 3.49. The molecule has 0 aromatic heterocycles. The van der Waals surface area contributed by atoms with Crippen molar-refractivity contribution < 1.29 is 4.79 Å². The van der Waals surface area contributed by atoms with Crippen LogP contribution < -0.4 is 5.32 Å². The van der Waals surface area contributed by atoms with Crippen molar-refractivity contribution in [2.45, 2.75) is 12.3 Å². The van der Waals surface area contributed by atoms with Gasteiger partial charge in [-0.25, -0.2) is 0 Å². The highest BCUT2D eigenvalue weighted by molar-refractivity contribution is 9.10. The van der Waals surface area contributed by atoms with Crippen LogP contribution in [-0.2, 0) is 4.79 Å². The number of hydrogen-bond acceptors (Lipinski definition) is 3. The maximum absolute atomic E-state index is 11.5. The number of nitrogens with one attached hydrogen (secondary N) is 2. The molecule has 1 amide bonds. The lowest BCUT2D eigenvalue weighted by Gasteiger charge is -2.24. The average molecular weight is 309 g/mol. The molecule has 2 rings (SSSR count). The van der Waals surface area contributed by atoms with E-state index in [9.17, 15) is 4.79 Å². The van der Waals surface area contributed by atoms with E-state index in [-0.39, 0.29) is 11.8 Å². The van der Waals surface area contributed by atoms with Crippen molar-refractivity contribution in [3.05, 3.63) is 39.9 Å². The van der Waals surface area contributed by atoms with Crippen molar-refractivity contribution in [2.24, 2.45) is 0 Å². The summed E-state index contributed by atoms with van der Waals surface area (Å²) in [6, 6.07) is 7.67. The molecule has 0 radical (unpaired) electrons. The number of halogens is 1. The number of benzene rings is 1. The maximum Gasteiger partial charge on any atom is 0.226 e. The molecule has 0 bridgehead atoms. The summed E-state index contributed by atoms with van der Waals surface area (Å²) in [5, 5.41) is 9.84. The van der Waals surface area contributed by atoms with Gasteiger partial charge < -0.3 is 5.32 Å². The Morgan fingerprint density at radius 3 is 2.65 bits per heavy atom. The van der Waals surface area contributed by atoms with Gasteiger partial charge in [0, 0.05) is 16.8 Å². The van der Waals surface area contributed by atoms with Crippen LogP contribution in [0.4, 0.5) is 0 Å². The second-order valence-corrected chi connectivity index (χ2v) is 5.05. The number of thiocarbonyl (C=S) groups is 1. The Morgan fingerprint density at radius 1 is 1.41 bits per heavy atom. The summed E-state index contributed by atoms with van der Waals surface area (Å²) in [5.41, 5.74) is 1.54. The topological polar surface area (TPSA) is 53.0 Å². The zero-order valence-electron chi connectivity index (χ0n) is 8.79. The molecular weight excluding hydrogens is 300 g/mol. The van der Waals surface area contributed by atoms with Crippen LogP contribution in [0.1, 0.15) is 17.9 Å². The average Bonchev–Trinajstić information content (AvgIpc) is 2.29. The van der Waals surface area contributed by atoms with Gasteiger partial charge >= 0.3 is 0 Å². The molecule has 1 fully saturated rings. The second kappa shape index (κ2) is 4.92. The van der Waals surface area contributed by atoms with Crippen LogP contribution in [0.3, 0.4) is 0 Å². The third-order valence-electron chi connectivity index (χ3n) is 2.64. The SMILES string of the molecule is N=C=C1C(=S)NC(=O)C[C@@H]1c1ccc(Br)cc1. The van der Waals surface area contributed by atoms with Crippen molar-refractivity contribution in [2.75, 3.05) is 0 Å². The van der Waals surface area contributed by atoms with Crippen molar-refractivity contribution in [1.82, 2.24) is 5.32 Å². The Kier molecular flexibility index (Phi) is 3.52. The quantitative estimate of drug-likeness (QED) is 0.476. The van der Waals surface area contributed by atoms with E-state index in [0.717, 1.165) is 10.0 Å². The van der Waals surface area contributed by atoms with Crippen LogP contribution in [0.5, 0.6) is 0 Å². The fourth-order valence-electron chi connectivity index (χ4n) is 1.81. The number of hydrogen-bond donors (Lipinski definition) is 2. The van der Waals surface area contributed by atoms with Gasteiger partial charge in [0.05, 0.1) is 5.57 Å². The Balaban J connectivity index is 2.41. The lowest BCUT2D eigenvalue weighted by Crippen LogP contribution is -2.38. The Bertz CT molecular complexity index is 532. The van der Waals surface area contributed by atoms with Crippen molar-refractivity contribution in [1.29, 1.82) is 5.41 Å². The summed E-state index contributed by atoms with van der Waals surface area (Å²) < 4.78 is 0.976. The Labute approximate surface area is 113 Å². The maximum atomic E-state index is 11.5. The van der Waals surface area contributed by atoms with E-state index < -0.39 is 0 Å². The van der Waals surface area contributed by atoms with Gasteiger partial charge in [-0.05, 0) is 23.6 Å². The molecule has 0 spiro atoms. The van der Waals surface area contributed by atoms with Crippen molar-refractivity contribution >= 4 is 44.9 Å². The molecule has 86 valence electrons. The fourth-order valence-corrected chi connectivity index (χ4v) is 2.39. The standard InChI is InChI=1S/C12H9BrN2OS/c13-8-3-1-7(2-4-8)9-5-11(16)15-12(17)10(9)6-14/h1-4,9,14H,5H2,(H,15,16,17)/t9-/m1/s1. The smallest absolute Gasteiger partial charge is 0.226 e. The van der Waals surface area contributed by atoms with E-state index in [0.29, 0.717) is 17.0 Å². The lowest BCUT2D eigenvalue weighted by molar-refractivity contribution is -0.120. The van der Waals surface area contributed by atoms with Crippen LogP contribution in [0.15, 0.2) is 34.3 Å². The van der Waals surface area contributed by atoms with Gasteiger partial charge in [-0.15, -0.1) is 0 Å². The highest BCUT2D eigenvalue weighted by Crippen LogP contribution is 2.30. The normalized spacial score (nSPS) is 19.8. The monoisotopic (exact) mass is 308 g/mol. The first-order valence-electron chi connectivity index (χ1n) is 5.01. The van der Waals surface area contributed by atoms with E-state index in [2.05, 4.69) is 27.1 Å². The molecule has 1 aromatic rings. The molecule has 1 aliphatic heterocycles. The minimum absolute atomic E-state index is 0.109. The lowest BCUT2D eigenvalue weighted by atomic mass is 9.86. The fraction of sp³-hybridized carbons (Fsp3) is 0.167. The molecule has 3 nitrogen and oxygen atoms in total. The van der Waals surface area contributed by atoms with Crippen LogP contribution in [0.2, 0.25) is 0 Å². The second-order valence-electron chi connectivity index (χ2n) is 3.72. The minimum Gasteiger partial charge on any atom is -0.316 e. The molecule has 2 N–H and O–H groups in total. The number of carbonyl (C=O) groups excluding carboxylic acids is 1. The van der Waals surface area contributed by atoms with Gasteiger partial charge in [-0.2, -0.15) is 0 Å². The molecule has 1 heterocycles.